The highest BCUT2D eigenvalue weighted by Gasteiger charge is 2.13. The van der Waals surface area contributed by atoms with Crippen molar-refractivity contribution >= 4 is 34.7 Å². The van der Waals surface area contributed by atoms with Crippen molar-refractivity contribution in [1.82, 2.24) is 10.9 Å². The molecule has 126 valence electrons. The fourth-order valence-electron chi connectivity index (χ4n) is 2.14. The van der Waals surface area contributed by atoms with Crippen molar-refractivity contribution in [2.24, 2.45) is 0 Å². The first-order valence-electron chi connectivity index (χ1n) is 7.48. The molecule has 0 bridgehead atoms. The van der Waals surface area contributed by atoms with Gasteiger partial charge in [-0.2, -0.15) is 0 Å². The van der Waals surface area contributed by atoms with Crippen LogP contribution in [0.4, 0.5) is 5.69 Å². The van der Waals surface area contributed by atoms with Gasteiger partial charge >= 0.3 is 0 Å². The zero-order chi connectivity index (χ0) is 17.7. The monoisotopic (exact) mass is 345 g/mol. The molecule has 0 aliphatic rings. The number of hydrogen-bond acceptors (Lipinski definition) is 4. The van der Waals surface area contributed by atoms with Gasteiger partial charge in [0.15, 0.2) is 0 Å². The van der Waals surface area contributed by atoms with E-state index in [4.69, 9.17) is 0 Å². The molecule has 2 rings (SSSR count). The smallest absolute Gasteiger partial charge is 0.279 e. The zero-order valence-electron chi connectivity index (χ0n) is 13.7. The number of rotatable bonds is 4. The number of anilines is 1. The second-order valence-electron chi connectivity index (χ2n) is 5.24. The molecule has 0 spiro atoms. The van der Waals surface area contributed by atoms with Crippen molar-refractivity contribution in [2.75, 3.05) is 5.32 Å². The molecule has 0 saturated heterocycles. The van der Waals surface area contributed by atoms with Gasteiger partial charge in [0.2, 0.25) is 5.91 Å². The van der Waals surface area contributed by atoms with Crippen LogP contribution in [0.25, 0.3) is 0 Å². The number of aryl methyl sites for hydroxylation is 2. The van der Waals surface area contributed by atoms with Crippen molar-refractivity contribution in [3.8, 4) is 0 Å². The lowest BCUT2D eigenvalue weighted by Gasteiger charge is -2.07. The lowest BCUT2D eigenvalue weighted by atomic mass is 10.2. The molecular formula is C17H19N3O3S. The van der Waals surface area contributed by atoms with Crippen LogP contribution in [0.5, 0.6) is 0 Å². The summed E-state index contributed by atoms with van der Waals surface area (Å²) in [5, 5.41) is 2.62. The molecule has 0 atom stereocenters. The largest absolute Gasteiger partial charge is 0.326 e. The van der Waals surface area contributed by atoms with Crippen LogP contribution in [-0.2, 0) is 11.2 Å². The predicted octanol–water partition coefficient (Wildman–Crippen LogP) is 2.65. The van der Waals surface area contributed by atoms with E-state index in [-0.39, 0.29) is 11.8 Å². The van der Waals surface area contributed by atoms with E-state index in [1.54, 1.807) is 24.3 Å². The number of carbonyl (C=O) groups is 3. The maximum Gasteiger partial charge on any atom is 0.279 e. The van der Waals surface area contributed by atoms with E-state index in [1.807, 2.05) is 19.9 Å². The Morgan fingerprint density at radius 3 is 2.21 bits per heavy atom. The summed E-state index contributed by atoms with van der Waals surface area (Å²) in [5.41, 5.74) is 6.85. The van der Waals surface area contributed by atoms with Gasteiger partial charge in [0.25, 0.3) is 11.8 Å². The van der Waals surface area contributed by atoms with E-state index < -0.39 is 5.91 Å². The van der Waals surface area contributed by atoms with E-state index in [1.165, 1.54) is 18.3 Å². The summed E-state index contributed by atoms with van der Waals surface area (Å²) in [6.45, 7) is 5.40. The average Bonchev–Trinajstić information content (AvgIpc) is 2.93. The minimum Gasteiger partial charge on any atom is -0.326 e. The summed E-state index contributed by atoms with van der Waals surface area (Å²) in [4.78, 5) is 36.8. The number of carbonyl (C=O) groups excluding carboxylic acids is 3. The average molecular weight is 345 g/mol. The van der Waals surface area contributed by atoms with Crippen LogP contribution in [0.15, 0.2) is 30.3 Å². The van der Waals surface area contributed by atoms with Gasteiger partial charge in [-0.15, -0.1) is 11.3 Å². The third-order valence-corrected chi connectivity index (χ3v) is 4.70. The van der Waals surface area contributed by atoms with Gasteiger partial charge in [0, 0.05) is 23.1 Å². The molecule has 1 aromatic heterocycles. The van der Waals surface area contributed by atoms with Gasteiger partial charge in [-0.1, -0.05) is 6.92 Å². The first-order valence-corrected chi connectivity index (χ1v) is 8.30. The standard InChI is InChI=1S/C17H19N3O3S/c1-4-14-10(2)9-15(24-14)17(23)20-19-16(22)12-5-7-13(8-6-12)18-11(3)21/h5-9H,4H2,1-3H3,(H,18,21)(H,19,22)(H,20,23). The number of thiophene rings is 1. The van der Waals surface area contributed by atoms with Gasteiger partial charge in [0.1, 0.15) is 0 Å². The molecule has 3 amide bonds. The van der Waals surface area contributed by atoms with E-state index in [2.05, 4.69) is 16.2 Å². The van der Waals surface area contributed by atoms with E-state index in [0.29, 0.717) is 16.1 Å². The Kier molecular flexibility index (Phi) is 5.70. The summed E-state index contributed by atoms with van der Waals surface area (Å²) in [7, 11) is 0. The Morgan fingerprint density at radius 1 is 1.04 bits per heavy atom. The topological polar surface area (TPSA) is 87.3 Å². The molecule has 24 heavy (non-hydrogen) atoms. The SMILES string of the molecule is CCc1sc(C(=O)NNC(=O)c2ccc(NC(C)=O)cc2)cc1C. The van der Waals surface area contributed by atoms with Crippen molar-refractivity contribution in [3.63, 3.8) is 0 Å². The predicted molar refractivity (Wildman–Crippen MR) is 94.1 cm³/mol. The minimum atomic E-state index is -0.429. The third-order valence-electron chi connectivity index (χ3n) is 3.32. The molecule has 1 heterocycles. The molecule has 2 aromatic rings. The fraction of sp³-hybridized carbons (Fsp3) is 0.235. The maximum absolute atomic E-state index is 12.1. The second kappa shape index (κ2) is 7.74. The fourth-order valence-corrected chi connectivity index (χ4v) is 3.15. The molecule has 0 aliphatic heterocycles. The van der Waals surface area contributed by atoms with Crippen molar-refractivity contribution in [1.29, 1.82) is 0 Å². The lowest BCUT2D eigenvalue weighted by Crippen LogP contribution is -2.41. The quantitative estimate of drug-likeness (QED) is 0.745. The molecule has 0 radical (unpaired) electrons. The highest BCUT2D eigenvalue weighted by atomic mass is 32.1. The summed E-state index contributed by atoms with van der Waals surface area (Å²) < 4.78 is 0. The number of nitrogens with one attached hydrogen (secondary N) is 3. The third kappa shape index (κ3) is 4.42. The summed E-state index contributed by atoms with van der Waals surface area (Å²) in [6.07, 6.45) is 0.872. The first kappa shape index (κ1) is 17.7. The molecule has 0 saturated carbocycles. The van der Waals surface area contributed by atoms with Crippen LogP contribution in [0.3, 0.4) is 0 Å². The Balaban J connectivity index is 1.94. The number of benzene rings is 1. The summed E-state index contributed by atoms with van der Waals surface area (Å²) >= 11 is 1.42. The van der Waals surface area contributed by atoms with Crippen molar-refractivity contribution in [2.45, 2.75) is 27.2 Å². The minimum absolute atomic E-state index is 0.183. The summed E-state index contributed by atoms with van der Waals surface area (Å²) in [5.74, 6) is -0.954. The van der Waals surface area contributed by atoms with Gasteiger partial charge in [-0.25, -0.2) is 0 Å². The van der Waals surface area contributed by atoms with Crippen LogP contribution >= 0.6 is 11.3 Å². The van der Waals surface area contributed by atoms with E-state index in [0.717, 1.165) is 16.9 Å². The van der Waals surface area contributed by atoms with Gasteiger partial charge in [-0.3, -0.25) is 25.2 Å². The molecule has 0 fully saturated rings. The molecule has 1 aromatic carbocycles. The van der Waals surface area contributed by atoms with E-state index in [9.17, 15) is 14.4 Å². The Bertz CT molecular complexity index is 766. The van der Waals surface area contributed by atoms with Crippen molar-refractivity contribution in [3.05, 3.63) is 51.2 Å². The Labute approximate surface area is 144 Å². The van der Waals surface area contributed by atoms with Gasteiger partial charge in [-0.05, 0) is 49.2 Å². The van der Waals surface area contributed by atoms with Gasteiger partial charge < -0.3 is 5.32 Å². The Hall–Kier alpha value is -2.67. The van der Waals surface area contributed by atoms with Crippen LogP contribution in [0, 0.1) is 6.92 Å². The highest BCUT2D eigenvalue weighted by Crippen LogP contribution is 2.22. The molecular weight excluding hydrogens is 326 g/mol. The highest BCUT2D eigenvalue weighted by molar-refractivity contribution is 7.14. The number of amides is 3. The van der Waals surface area contributed by atoms with Crippen LogP contribution < -0.4 is 16.2 Å². The lowest BCUT2D eigenvalue weighted by molar-refractivity contribution is -0.114. The normalized spacial score (nSPS) is 10.1. The summed E-state index contributed by atoms with van der Waals surface area (Å²) in [6, 6.07) is 8.18. The molecule has 3 N–H and O–H groups in total. The Morgan fingerprint density at radius 2 is 1.67 bits per heavy atom. The second-order valence-corrected chi connectivity index (χ2v) is 6.37. The molecule has 7 heteroatoms. The molecule has 6 nitrogen and oxygen atoms in total. The van der Waals surface area contributed by atoms with Crippen LogP contribution in [0.1, 0.15) is 44.3 Å². The van der Waals surface area contributed by atoms with E-state index >= 15 is 0 Å². The molecule has 0 aliphatic carbocycles. The van der Waals surface area contributed by atoms with Crippen molar-refractivity contribution < 1.29 is 14.4 Å². The van der Waals surface area contributed by atoms with Crippen LogP contribution in [0.2, 0.25) is 0 Å². The van der Waals surface area contributed by atoms with Crippen LogP contribution in [-0.4, -0.2) is 17.7 Å². The maximum atomic E-state index is 12.1. The van der Waals surface area contributed by atoms with Gasteiger partial charge in [0.05, 0.1) is 4.88 Å². The number of hydrazine groups is 1. The number of hydrogen-bond donors (Lipinski definition) is 3. The first-order chi connectivity index (χ1) is 11.4. The zero-order valence-corrected chi connectivity index (χ0v) is 14.5. The molecule has 0 unspecified atom stereocenters.